The van der Waals surface area contributed by atoms with Gasteiger partial charge in [0.15, 0.2) is 0 Å². The predicted octanol–water partition coefficient (Wildman–Crippen LogP) is 3.07. The van der Waals surface area contributed by atoms with E-state index >= 15 is 0 Å². The molecule has 2 rings (SSSR count). The molecule has 0 radical (unpaired) electrons. The molecule has 1 aliphatic rings. The summed E-state index contributed by atoms with van der Waals surface area (Å²) in [6.45, 7) is 1.75. The summed E-state index contributed by atoms with van der Waals surface area (Å²) in [6.07, 6.45) is 3.77. The molecule has 13 heavy (non-hydrogen) atoms. The smallest absolute Gasteiger partial charge is 0.129 e. The fourth-order valence-electron chi connectivity index (χ4n) is 1.38. The monoisotopic (exact) mass is 180 g/mol. The van der Waals surface area contributed by atoms with Crippen molar-refractivity contribution in [3.05, 3.63) is 29.6 Å². The lowest BCUT2D eigenvalue weighted by molar-refractivity contribution is 0.119. The van der Waals surface area contributed by atoms with Crippen molar-refractivity contribution in [3.8, 4) is 5.75 Å². The summed E-state index contributed by atoms with van der Waals surface area (Å²) in [6, 6.07) is 4.98. The van der Waals surface area contributed by atoms with Gasteiger partial charge in [0.1, 0.15) is 11.6 Å². The molecular formula is C11H13FO. The van der Waals surface area contributed by atoms with Crippen LogP contribution in [0.2, 0.25) is 0 Å². The van der Waals surface area contributed by atoms with Gasteiger partial charge in [0, 0.05) is 5.56 Å². The average Bonchev–Trinajstić information content (AvgIpc) is 2.04. The Morgan fingerprint density at radius 1 is 1.38 bits per heavy atom. The molecule has 70 valence electrons. The van der Waals surface area contributed by atoms with E-state index in [4.69, 9.17) is 4.74 Å². The van der Waals surface area contributed by atoms with Gasteiger partial charge in [0.2, 0.25) is 0 Å². The molecule has 0 aliphatic heterocycles. The van der Waals surface area contributed by atoms with E-state index in [0.29, 0.717) is 17.4 Å². The molecule has 1 aromatic carbocycles. The van der Waals surface area contributed by atoms with Gasteiger partial charge in [0.25, 0.3) is 0 Å². The van der Waals surface area contributed by atoms with Gasteiger partial charge in [0.05, 0.1) is 6.10 Å². The average molecular weight is 180 g/mol. The number of ether oxygens (including phenoxy) is 1. The van der Waals surface area contributed by atoms with Gasteiger partial charge >= 0.3 is 0 Å². The van der Waals surface area contributed by atoms with E-state index in [1.54, 1.807) is 13.0 Å². The highest BCUT2D eigenvalue weighted by atomic mass is 19.1. The minimum atomic E-state index is -0.183. The van der Waals surface area contributed by atoms with Crippen LogP contribution in [0.3, 0.4) is 0 Å². The fourth-order valence-corrected chi connectivity index (χ4v) is 1.38. The molecular weight excluding hydrogens is 167 g/mol. The van der Waals surface area contributed by atoms with Crippen molar-refractivity contribution >= 4 is 0 Å². The topological polar surface area (TPSA) is 9.23 Å². The standard InChI is InChI=1S/C11H13FO/c1-8-10(12)6-3-7-11(8)13-9-4-2-5-9/h3,6-7,9H,2,4-5H2,1H3. The highest BCUT2D eigenvalue weighted by molar-refractivity contribution is 5.33. The Morgan fingerprint density at radius 2 is 2.15 bits per heavy atom. The summed E-state index contributed by atoms with van der Waals surface area (Å²) in [5.41, 5.74) is 0.620. The first-order chi connectivity index (χ1) is 6.27. The van der Waals surface area contributed by atoms with Crippen LogP contribution in [0.25, 0.3) is 0 Å². The van der Waals surface area contributed by atoms with Crippen LogP contribution in [-0.4, -0.2) is 6.10 Å². The second kappa shape index (κ2) is 3.36. The van der Waals surface area contributed by atoms with E-state index in [2.05, 4.69) is 0 Å². The quantitative estimate of drug-likeness (QED) is 0.679. The van der Waals surface area contributed by atoms with Crippen LogP contribution in [0, 0.1) is 12.7 Å². The lowest BCUT2D eigenvalue weighted by Gasteiger charge is -2.27. The van der Waals surface area contributed by atoms with Crippen molar-refractivity contribution in [1.29, 1.82) is 0 Å². The van der Waals surface area contributed by atoms with Crippen LogP contribution in [0.15, 0.2) is 18.2 Å². The van der Waals surface area contributed by atoms with Crippen molar-refractivity contribution < 1.29 is 9.13 Å². The molecule has 0 saturated heterocycles. The minimum absolute atomic E-state index is 0.183. The maximum atomic E-state index is 13.1. The van der Waals surface area contributed by atoms with Crippen LogP contribution in [-0.2, 0) is 0 Å². The molecule has 2 heteroatoms. The Morgan fingerprint density at radius 3 is 2.77 bits per heavy atom. The van der Waals surface area contributed by atoms with Crippen molar-refractivity contribution in [2.45, 2.75) is 32.3 Å². The molecule has 1 aliphatic carbocycles. The maximum absolute atomic E-state index is 13.1. The Hall–Kier alpha value is -1.05. The fraction of sp³-hybridized carbons (Fsp3) is 0.455. The number of hydrogen-bond acceptors (Lipinski definition) is 1. The molecule has 0 aromatic heterocycles. The van der Waals surface area contributed by atoms with Gasteiger partial charge in [-0.05, 0) is 38.3 Å². The molecule has 1 nitrogen and oxygen atoms in total. The Bertz CT molecular complexity index is 305. The SMILES string of the molecule is Cc1c(F)cccc1OC1CCC1. The zero-order chi connectivity index (χ0) is 9.26. The first kappa shape index (κ1) is 8.54. The second-order valence-electron chi connectivity index (χ2n) is 3.53. The van der Waals surface area contributed by atoms with E-state index in [1.807, 2.05) is 6.07 Å². The third-order valence-electron chi connectivity index (χ3n) is 2.56. The molecule has 0 bridgehead atoms. The number of halogens is 1. The summed E-state index contributed by atoms with van der Waals surface area (Å²) in [4.78, 5) is 0. The Labute approximate surface area is 77.5 Å². The zero-order valence-electron chi connectivity index (χ0n) is 7.72. The van der Waals surface area contributed by atoms with E-state index in [-0.39, 0.29) is 5.82 Å². The lowest BCUT2D eigenvalue weighted by Crippen LogP contribution is -2.24. The molecule has 1 aromatic rings. The Kier molecular flexibility index (Phi) is 2.21. The predicted molar refractivity (Wildman–Crippen MR) is 49.4 cm³/mol. The summed E-state index contributed by atoms with van der Waals surface area (Å²) < 4.78 is 18.7. The van der Waals surface area contributed by atoms with Crippen LogP contribution in [0.5, 0.6) is 5.75 Å². The summed E-state index contributed by atoms with van der Waals surface area (Å²) >= 11 is 0. The lowest BCUT2D eigenvalue weighted by atomic mass is 9.96. The van der Waals surface area contributed by atoms with Crippen LogP contribution >= 0.6 is 0 Å². The maximum Gasteiger partial charge on any atom is 0.129 e. The van der Waals surface area contributed by atoms with Crippen LogP contribution in [0.1, 0.15) is 24.8 Å². The van der Waals surface area contributed by atoms with Gasteiger partial charge in [-0.1, -0.05) is 6.07 Å². The van der Waals surface area contributed by atoms with E-state index < -0.39 is 0 Å². The third-order valence-corrected chi connectivity index (χ3v) is 2.56. The Balaban J connectivity index is 2.14. The molecule has 0 N–H and O–H groups in total. The number of hydrogen-bond donors (Lipinski definition) is 0. The second-order valence-corrected chi connectivity index (χ2v) is 3.53. The van der Waals surface area contributed by atoms with Gasteiger partial charge in [-0.15, -0.1) is 0 Å². The highest BCUT2D eigenvalue weighted by Crippen LogP contribution is 2.28. The van der Waals surface area contributed by atoms with Crippen LogP contribution < -0.4 is 4.74 Å². The molecule has 1 saturated carbocycles. The zero-order valence-corrected chi connectivity index (χ0v) is 7.72. The first-order valence-electron chi connectivity index (χ1n) is 4.69. The van der Waals surface area contributed by atoms with Gasteiger partial charge in [-0.25, -0.2) is 4.39 Å². The van der Waals surface area contributed by atoms with Crippen molar-refractivity contribution in [1.82, 2.24) is 0 Å². The molecule has 0 unspecified atom stereocenters. The number of benzene rings is 1. The van der Waals surface area contributed by atoms with Gasteiger partial charge in [-0.2, -0.15) is 0 Å². The summed E-state index contributed by atoms with van der Waals surface area (Å²) in [5, 5.41) is 0. The summed E-state index contributed by atoms with van der Waals surface area (Å²) in [7, 11) is 0. The van der Waals surface area contributed by atoms with Gasteiger partial charge < -0.3 is 4.74 Å². The van der Waals surface area contributed by atoms with Crippen LogP contribution in [0.4, 0.5) is 4.39 Å². The molecule has 0 spiro atoms. The summed E-state index contributed by atoms with van der Waals surface area (Å²) in [5.74, 6) is 0.515. The highest BCUT2D eigenvalue weighted by Gasteiger charge is 2.20. The van der Waals surface area contributed by atoms with Crippen molar-refractivity contribution in [3.63, 3.8) is 0 Å². The van der Waals surface area contributed by atoms with Gasteiger partial charge in [-0.3, -0.25) is 0 Å². The van der Waals surface area contributed by atoms with Crippen molar-refractivity contribution in [2.24, 2.45) is 0 Å². The van der Waals surface area contributed by atoms with E-state index in [9.17, 15) is 4.39 Å². The molecule has 1 fully saturated rings. The minimum Gasteiger partial charge on any atom is -0.490 e. The normalized spacial score (nSPS) is 16.8. The first-order valence-corrected chi connectivity index (χ1v) is 4.69. The number of rotatable bonds is 2. The van der Waals surface area contributed by atoms with E-state index in [1.165, 1.54) is 12.5 Å². The molecule has 0 amide bonds. The van der Waals surface area contributed by atoms with Crippen molar-refractivity contribution in [2.75, 3.05) is 0 Å². The largest absolute Gasteiger partial charge is 0.490 e. The third kappa shape index (κ3) is 1.67. The molecule has 0 heterocycles. The van der Waals surface area contributed by atoms with E-state index in [0.717, 1.165) is 12.8 Å². The molecule has 0 atom stereocenters.